The lowest BCUT2D eigenvalue weighted by Crippen LogP contribution is -2.44. The van der Waals surface area contributed by atoms with E-state index in [9.17, 15) is 9.59 Å². The van der Waals surface area contributed by atoms with Gasteiger partial charge < -0.3 is 4.74 Å². The fourth-order valence-corrected chi connectivity index (χ4v) is 7.16. The molecule has 0 bridgehead atoms. The molecule has 2 saturated carbocycles. The number of hydrogen-bond donors (Lipinski definition) is 0. The van der Waals surface area contributed by atoms with E-state index in [0.29, 0.717) is 11.8 Å². The van der Waals surface area contributed by atoms with Gasteiger partial charge in [-0.25, -0.2) is 4.79 Å². The first-order valence-corrected chi connectivity index (χ1v) is 12.6. The van der Waals surface area contributed by atoms with Crippen LogP contribution in [0.4, 0.5) is 0 Å². The number of carbonyl (C=O) groups is 2. The minimum Gasteiger partial charge on any atom is -0.459 e. The van der Waals surface area contributed by atoms with Gasteiger partial charge >= 0.3 is 5.97 Å². The van der Waals surface area contributed by atoms with Gasteiger partial charge in [0.2, 0.25) is 0 Å². The van der Waals surface area contributed by atoms with E-state index in [1.54, 1.807) is 6.92 Å². The summed E-state index contributed by atoms with van der Waals surface area (Å²) in [5.41, 5.74) is 3.21. The summed E-state index contributed by atoms with van der Waals surface area (Å²) in [7, 11) is 0. The largest absolute Gasteiger partial charge is 0.459 e. The highest BCUT2D eigenvalue weighted by Crippen LogP contribution is 2.55. The van der Waals surface area contributed by atoms with Crippen molar-refractivity contribution in [2.75, 3.05) is 0 Å². The van der Waals surface area contributed by atoms with Crippen molar-refractivity contribution in [1.82, 2.24) is 0 Å². The number of esters is 1. The van der Waals surface area contributed by atoms with Gasteiger partial charge in [0.1, 0.15) is 11.9 Å². The molecule has 3 heteroatoms. The minimum absolute atomic E-state index is 0.0556. The van der Waals surface area contributed by atoms with Crippen molar-refractivity contribution in [3.05, 3.63) is 47.0 Å². The van der Waals surface area contributed by atoms with Crippen LogP contribution < -0.4 is 0 Å². The van der Waals surface area contributed by atoms with Gasteiger partial charge in [0.15, 0.2) is 0 Å². The lowest BCUT2D eigenvalue weighted by atomic mass is 9.64. The second-order valence-electron chi connectivity index (χ2n) is 11.5. The smallest absolute Gasteiger partial charge is 0.334 e. The van der Waals surface area contributed by atoms with Gasteiger partial charge in [-0.3, -0.25) is 4.79 Å². The number of allylic oxidation sites excluding steroid dienone is 1. The first-order chi connectivity index (χ1) is 15.1. The molecule has 174 valence electrons. The molecule has 0 spiro atoms. The third-order valence-corrected chi connectivity index (χ3v) is 9.12. The Labute approximate surface area is 194 Å². The summed E-state index contributed by atoms with van der Waals surface area (Å²) < 4.78 is 6.39. The number of Topliss-reactive ketones (excluding diaryl/α,β-unsaturated/α-hetero) is 1. The Morgan fingerprint density at radius 3 is 2.47 bits per heavy atom. The first-order valence-electron chi connectivity index (χ1n) is 12.6. The maximum Gasteiger partial charge on any atom is 0.334 e. The maximum absolute atomic E-state index is 13.6. The lowest BCUT2D eigenvalue weighted by Gasteiger charge is -2.44. The Morgan fingerprint density at radius 1 is 1.06 bits per heavy atom. The van der Waals surface area contributed by atoms with E-state index in [4.69, 9.17) is 4.74 Å². The zero-order valence-corrected chi connectivity index (χ0v) is 20.6. The summed E-state index contributed by atoms with van der Waals surface area (Å²) in [6.45, 7) is 10.8. The second kappa shape index (κ2) is 8.80. The molecule has 0 N–H and O–H groups in total. The van der Waals surface area contributed by atoms with Gasteiger partial charge in [0, 0.05) is 17.4 Å². The molecule has 1 aromatic rings. The monoisotopic (exact) mass is 436 g/mol. The average molecular weight is 437 g/mol. The van der Waals surface area contributed by atoms with E-state index in [1.807, 2.05) is 0 Å². The van der Waals surface area contributed by atoms with Gasteiger partial charge in [0.05, 0.1) is 0 Å². The predicted molar refractivity (Wildman–Crippen MR) is 128 cm³/mol. The van der Waals surface area contributed by atoms with E-state index in [-0.39, 0.29) is 34.6 Å². The van der Waals surface area contributed by atoms with Crippen molar-refractivity contribution < 1.29 is 14.3 Å². The molecule has 2 fully saturated rings. The molecule has 0 unspecified atom stereocenters. The third kappa shape index (κ3) is 4.08. The van der Waals surface area contributed by atoms with Gasteiger partial charge in [-0.15, -0.1) is 0 Å². The molecule has 0 heterocycles. The predicted octanol–water partition coefficient (Wildman–Crippen LogP) is 6.80. The van der Waals surface area contributed by atoms with Crippen LogP contribution in [0.3, 0.4) is 0 Å². The number of benzene rings is 1. The number of rotatable bonds is 5. The molecule has 0 radical (unpaired) electrons. The van der Waals surface area contributed by atoms with Crippen molar-refractivity contribution in [3.8, 4) is 0 Å². The quantitative estimate of drug-likeness (QED) is 0.477. The number of hydrogen-bond acceptors (Lipinski definition) is 3. The van der Waals surface area contributed by atoms with Gasteiger partial charge in [0.25, 0.3) is 0 Å². The average Bonchev–Trinajstić information content (AvgIpc) is 3.11. The van der Waals surface area contributed by atoms with Crippen LogP contribution >= 0.6 is 0 Å². The molecule has 1 aromatic carbocycles. The Morgan fingerprint density at radius 2 is 1.78 bits per heavy atom. The Kier molecular flexibility index (Phi) is 6.40. The van der Waals surface area contributed by atoms with Crippen LogP contribution in [0, 0.1) is 23.2 Å². The third-order valence-electron chi connectivity index (χ3n) is 9.12. The summed E-state index contributed by atoms with van der Waals surface area (Å²) in [5.74, 6) is 1.09. The zero-order valence-electron chi connectivity index (χ0n) is 20.6. The molecule has 5 atom stereocenters. The van der Waals surface area contributed by atoms with Crippen LogP contribution in [-0.4, -0.2) is 17.9 Å². The van der Waals surface area contributed by atoms with Crippen molar-refractivity contribution in [1.29, 1.82) is 0 Å². The van der Waals surface area contributed by atoms with E-state index in [0.717, 1.165) is 50.5 Å². The highest BCUT2D eigenvalue weighted by molar-refractivity contribution is 5.91. The van der Waals surface area contributed by atoms with Gasteiger partial charge in [-0.1, -0.05) is 70.0 Å². The lowest BCUT2D eigenvalue weighted by molar-refractivity contribution is -0.152. The number of fused-ring (bicyclic) bond motifs is 1. The van der Waals surface area contributed by atoms with Crippen LogP contribution in [0.5, 0.6) is 0 Å². The normalized spacial score (nSPS) is 33.0. The Bertz CT molecular complexity index is 896. The topological polar surface area (TPSA) is 43.4 Å². The molecular formula is C29H40O3. The molecule has 3 aliphatic rings. The van der Waals surface area contributed by atoms with Crippen LogP contribution in [-0.2, 0) is 19.7 Å². The number of ether oxygens (including phenoxy) is 1. The minimum atomic E-state index is -0.152. The first kappa shape index (κ1) is 23.3. The fourth-order valence-electron chi connectivity index (χ4n) is 7.16. The molecule has 4 rings (SSSR count). The molecular weight excluding hydrogens is 396 g/mol. The summed E-state index contributed by atoms with van der Waals surface area (Å²) in [4.78, 5) is 25.9. The van der Waals surface area contributed by atoms with Crippen LogP contribution in [0.2, 0.25) is 0 Å². The fraction of sp³-hybridized carbons (Fsp3) is 0.655. The highest BCUT2D eigenvalue weighted by Gasteiger charge is 2.49. The summed E-state index contributed by atoms with van der Waals surface area (Å²) >= 11 is 0. The molecule has 0 aromatic heterocycles. The van der Waals surface area contributed by atoms with Crippen molar-refractivity contribution in [3.63, 3.8) is 0 Å². The van der Waals surface area contributed by atoms with Crippen LogP contribution in [0.25, 0.3) is 0 Å². The summed E-state index contributed by atoms with van der Waals surface area (Å²) in [5, 5.41) is 0. The van der Waals surface area contributed by atoms with E-state index in [2.05, 4.69) is 58.0 Å². The van der Waals surface area contributed by atoms with Crippen molar-refractivity contribution in [2.45, 2.75) is 97.5 Å². The molecule has 0 aliphatic heterocycles. The van der Waals surface area contributed by atoms with E-state index >= 15 is 0 Å². The molecule has 0 saturated heterocycles. The molecule has 0 amide bonds. The highest BCUT2D eigenvalue weighted by atomic mass is 16.5. The number of carbonyl (C=O) groups excluding carboxylic acids is 2. The molecule has 3 aliphatic carbocycles. The molecule has 3 nitrogen and oxygen atoms in total. The SMILES string of the molecule is CC(=O)[C@H]1CCC2=C(C(=O)O[C@@H]3C[C@H](C)CC[C@H]3C(C)(C)c3ccccc3)CCC[C@@]21C. The van der Waals surface area contributed by atoms with E-state index < -0.39 is 0 Å². The Balaban J connectivity index is 1.60. The zero-order chi connectivity index (χ0) is 23.1. The maximum atomic E-state index is 13.6. The van der Waals surface area contributed by atoms with E-state index in [1.165, 1.54) is 17.6 Å². The Hall–Kier alpha value is -1.90. The standard InChI is InChI=1S/C29H40O3/c1-19-13-14-25(28(3,4)21-10-7-6-8-11-21)26(18-19)32-27(31)22-12-9-17-29(5)23(20(2)30)15-16-24(22)29/h6-8,10-11,19,23,25-26H,9,12-18H2,1-5H3/t19-,23-,25-,26-,29-/m1/s1. The second-order valence-corrected chi connectivity index (χ2v) is 11.5. The van der Waals surface area contributed by atoms with Crippen molar-refractivity contribution >= 4 is 11.8 Å². The number of ketones is 1. The van der Waals surface area contributed by atoms with Crippen LogP contribution in [0.1, 0.15) is 91.5 Å². The van der Waals surface area contributed by atoms with Crippen molar-refractivity contribution in [2.24, 2.45) is 23.2 Å². The van der Waals surface area contributed by atoms with Gasteiger partial charge in [-0.2, -0.15) is 0 Å². The summed E-state index contributed by atoms with van der Waals surface area (Å²) in [6.07, 6.45) is 7.65. The summed E-state index contributed by atoms with van der Waals surface area (Å²) in [6, 6.07) is 10.7. The molecule has 32 heavy (non-hydrogen) atoms. The van der Waals surface area contributed by atoms with Crippen LogP contribution in [0.15, 0.2) is 41.5 Å². The van der Waals surface area contributed by atoms with Gasteiger partial charge in [-0.05, 0) is 74.2 Å².